The van der Waals surface area contributed by atoms with Gasteiger partial charge in [0.05, 0.1) is 0 Å². The van der Waals surface area contributed by atoms with Crippen LogP contribution in [0.3, 0.4) is 0 Å². The molecule has 1 aromatic rings. The molecule has 1 rings (SSSR count). The van der Waals surface area contributed by atoms with Crippen molar-refractivity contribution in [3.05, 3.63) is 29.8 Å². The zero-order valence-corrected chi connectivity index (χ0v) is 13.1. The van der Waals surface area contributed by atoms with E-state index < -0.39 is 5.60 Å². The summed E-state index contributed by atoms with van der Waals surface area (Å²) in [4.78, 5) is 12.9. The first kappa shape index (κ1) is 15.9. The Bertz CT molecular complexity index is 426. The minimum Gasteiger partial charge on any atom is -0.444 e. The number of ether oxygens (including phenoxy) is 1. The number of thioether (sulfide) groups is 1. The molecular weight excluding hydrogens is 258 g/mol. The van der Waals surface area contributed by atoms with Gasteiger partial charge in [0.15, 0.2) is 0 Å². The SMILES string of the molecule is CSc1cccc(C[C@H](C)NC(=O)OC(C)(C)C)c1. The van der Waals surface area contributed by atoms with Crippen LogP contribution in [0.2, 0.25) is 0 Å². The number of amides is 1. The first-order valence-electron chi connectivity index (χ1n) is 6.42. The number of rotatable bonds is 4. The first-order chi connectivity index (χ1) is 8.80. The lowest BCUT2D eigenvalue weighted by Gasteiger charge is -2.22. The molecule has 4 heteroatoms. The van der Waals surface area contributed by atoms with Crippen LogP contribution in [0, 0.1) is 0 Å². The van der Waals surface area contributed by atoms with Crippen molar-refractivity contribution in [3.63, 3.8) is 0 Å². The zero-order chi connectivity index (χ0) is 14.5. The van der Waals surface area contributed by atoms with Gasteiger partial charge in [0, 0.05) is 10.9 Å². The van der Waals surface area contributed by atoms with E-state index in [4.69, 9.17) is 4.74 Å². The number of carbonyl (C=O) groups is 1. The molecule has 1 amide bonds. The van der Waals surface area contributed by atoms with E-state index in [0.717, 1.165) is 6.42 Å². The Morgan fingerprint density at radius 1 is 1.42 bits per heavy atom. The zero-order valence-electron chi connectivity index (χ0n) is 12.3. The van der Waals surface area contributed by atoms with Crippen LogP contribution in [-0.2, 0) is 11.2 Å². The molecule has 0 unspecified atom stereocenters. The molecule has 0 saturated heterocycles. The van der Waals surface area contributed by atoms with Gasteiger partial charge in [0.1, 0.15) is 5.60 Å². The van der Waals surface area contributed by atoms with Crippen molar-refractivity contribution in [1.29, 1.82) is 0 Å². The largest absolute Gasteiger partial charge is 0.444 e. The fourth-order valence-corrected chi connectivity index (χ4v) is 2.20. The van der Waals surface area contributed by atoms with Crippen molar-refractivity contribution >= 4 is 17.9 Å². The molecule has 0 aliphatic carbocycles. The van der Waals surface area contributed by atoms with Crippen LogP contribution in [0.15, 0.2) is 29.2 Å². The van der Waals surface area contributed by atoms with Gasteiger partial charge in [-0.2, -0.15) is 0 Å². The summed E-state index contributed by atoms with van der Waals surface area (Å²) in [6.07, 6.45) is 2.50. The van der Waals surface area contributed by atoms with E-state index in [1.54, 1.807) is 11.8 Å². The standard InChI is InChI=1S/C15H23NO2S/c1-11(16-14(17)18-15(2,3)4)9-12-7-6-8-13(10-12)19-5/h6-8,10-11H,9H2,1-5H3,(H,16,17)/t11-/m0/s1. The summed E-state index contributed by atoms with van der Waals surface area (Å²) < 4.78 is 5.24. The van der Waals surface area contributed by atoms with Gasteiger partial charge < -0.3 is 10.1 Å². The molecule has 3 nitrogen and oxygen atoms in total. The molecule has 0 radical (unpaired) electrons. The number of benzene rings is 1. The molecule has 0 heterocycles. The average molecular weight is 281 g/mol. The molecule has 0 aromatic heterocycles. The molecule has 1 aromatic carbocycles. The van der Waals surface area contributed by atoms with Crippen LogP contribution in [-0.4, -0.2) is 24.0 Å². The highest BCUT2D eigenvalue weighted by atomic mass is 32.2. The fourth-order valence-electron chi connectivity index (χ4n) is 1.71. The average Bonchev–Trinajstić information content (AvgIpc) is 2.26. The lowest BCUT2D eigenvalue weighted by Crippen LogP contribution is -2.38. The van der Waals surface area contributed by atoms with Gasteiger partial charge in [-0.15, -0.1) is 11.8 Å². The van der Waals surface area contributed by atoms with Crippen molar-refractivity contribution in [2.24, 2.45) is 0 Å². The number of hydrogen-bond donors (Lipinski definition) is 1. The third kappa shape index (κ3) is 6.53. The Labute approximate surface area is 120 Å². The van der Waals surface area contributed by atoms with Crippen LogP contribution in [0.25, 0.3) is 0 Å². The van der Waals surface area contributed by atoms with Gasteiger partial charge in [-0.25, -0.2) is 4.79 Å². The van der Waals surface area contributed by atoms with Gasteiger partial charge in [-0.1, -0.05) is 12.1 Å². The topological polar surface area (TPSA) is 38.3 Å². The summed E-state index contributed by atoms with van der Waals surface area (Å²) in [5, 5.41) is 2.85. The third-order valence-corrected chi connectivity index (χ3v) is 3.16. The second kappa shape index (κ2) is 6.85. The predicted octanol–water partition coefficient (Wildman–Crippen LogP) is 3.86. The van der Waals surface area contributed by atoms with Crippen LogP contribution in [0.5, 0.6) is 0 Å². The van der Waals surface area contributed by atoms with Crippen LogP contribution in [0.4, 0.5) is 4.79 Å². The second-order valence-electron chi connectivity index (χ2n) is 5.60. The second-order valence-corrected chi connectivity index (χ2v) is 6.48. The highest BCUT2D eigenvalue weighted by molar-refractivity contribution is 7.98. The van der Waals surface area contributed by atoms with E-state index in [-0.39, 0.29) is 12.1 Å². The molecular formula is C15H23NO2S. The Kier molecular flexibility index (Phi) is 5.73. The van der Waals surface area contributed by atoms with Crippen LogP contribution in [0.1, 0.15) is 33.3 Å². The Balaban J connectivity index is 2.50. The number of nitrogens with one attached hydrogen (secondary N) is 1. The highest BCUT2D eigenvalue weighted by Crippen LogP contribution is 2.17. The van der Waals surface area contributed by atoms with E-state index in [2.05, 4.69) is 29.8 Å². The number of alkyl carbamates (subject to hydrolysis) is 1. The summed E-state index contributed by atoms with van der Waals surface area (Å²) in [5.41, 5.74) is 0.762. The molecule has 1 atom stereocenters. The van der Waals surface area contributed by atoms with E-state index >= 15 is 0 Å². The molecule has 0 saturated carbocycles. The monoisotopic (exact) mass is 281 g/mol. The Hall–Kier alpha value is -1.16. The van der Waals surface area contributed by atoms with E-state index in [1.807, 2.05) is 33.8 Å². The van der Waals surface area contributed by atoms with Gasteiger partial charge in [0.25, 0.3) is 0 Å². The lowest BCUT2D eigenvalue weighted by molar-refractivity contribution is 0.0508. The minimum atomic E-state index is -0.456. The molecule has 0 fully saturated rings. The van der Waals surface area contributed by atoms with Gasteiger partial charge in [-0.05, 0) is 58.1 Å². The fraction of sp³-hybridized carbons (Fsp3) is 0.533. The summed E-state index contributed by atoms with van der Waals surface area (Å²) in [5.74, 6) is 0. The van der Waals surface area contributed by atoms with Gasteiger partial charge in [0.2, 0.25) is 0 Å². The molecule has 0 spiro atoms. The molecule has 0 aliphatic heterocycles. The van der Waals surface area contributed by atoms with Crippen molar-refractivity contribution in [3.8, 4) is 0 Å². The van der Waals surface area contributed by atoms with E-state index in [1.165, 1.54) is 10.5 Å². The molecule has 19 heavy (non-hydrogen) atoms. The third-order valence-electron chi connectivity index (χ3n) is 2.44. The summed E-state index contributed by atoms with van der Waals surface area (Å²) in [6.45, 7) is 7.56. The maximum Gasteiger partial charge on any atom is 0.407 e. The Morgan fingerprint density at radius 2 is 2.11 bits per heavy atom. The normalized spacial score (nSPS) is 12.9. The minimum absolute atomic E-state index is 0.0481. The van der Waals surface area contributed by atoms with Crippen LogP contribution >= 0.6 is 11.8 Å². The maximum atomic E-state index is 11.6. The van der Waals surface area contributed by atoms with Crippen molar-refractivity contribution in [1.82, 2.24) is 5.32 Å². The number of hydrogen-bond acceptors (Lipinski definition) is 3. The molecule has 0 bridgehead atoms. The first-order valence-corrected chi connectivity index (χ1v) is 7.65. The smallest absolute Gasteiger partial charge is 0.407 e. The van der Waals surface area contributed by atoms with E-state index in [9.17, 15) is 4.79 Å². The lowest BCUT2D eigenvalue weighted by atomic mass is 10.1. The molecule has 1 N–H and O–H groups in total. The maximum absolute atomic E-state index is 11.6. The van der Waals surface area contributed by atoms with Gasteiger partial charge in [-0.3, -0.25) is 0 Å². The predicted molar refractivity (Wildman–Crippen MR) is 80.8 cm³/mol. The summed E-state index contributed by atoms with van der Waals surface area (Å²) in [6, 6.07) is 8.40. The quantitative estimate of drug-likeness (QED) is 0.852. The summed E-state index contributed by atoms with van der Waals surface area (Å²) >= 11 is 1.72. The number of carbonyl (C=O) groups excluding carboxylic acids is 1. The van der Waals surface area contributed by atoms with Gasteiger partial charge >= 0.3 is 6.09 Å². The van der Waals surface area contributed by atoms with E-state index in [0.29, 0.717) is 0 Å². The van der Waals surface area contributed by atoms with Crippen molar-refractivity contribution in [2.45, 2.75) is 50.7 Å². The molecule has 106 valence electrons. The summed E-state index contributed by atoms with van der Waals surface area (Å²) in [7, 11) is 0. The molecule has 0 aliphatic rings. The van der Waals surface area contributed by atoms with Crippen molar-refractivity contribution < 1.29 is 9.53 Å². The highest BCUT2D eigenvalue weighted by Gasteiger charge is 2.17. The van der Waals surface area contributed by atoms with Crippen molar-refractivity contribution in [2.75, 3.05) is 6.26 Å². The Morgan fingerprint density at radius 3 is 2.68 bits per heavy atom. The van der Waals surface area contributed by atoms with Crippen LogP contribution < -0.4 is 5.32 Å².